The van der Waals surface area contributed by atoms with E-state index in [1.807, 2.05) is 0 Å². The van der Waals surface area contributed by atoms with E-state index in [1.54, 1.807) is 6.92 Å². The molecular weight excluding hydrogens is 524 g/mol. The molecule has 2 N–H and O–H groups in total. The van der Waals surface area contributed by atoms with E-state index in [0.717, 1.165) is 6.92 Å². The minimum Gasteiger partial charge on any atom is -0.462 e. The smallest absolute Gasteiger partial charge is 0.312 e. The second-order valence-electron chi connectivity index (χ2n) is 11.2. The molecule has 38 heavy (non-hydrogen) atoms. The Hall–Kier alpha value is -2.21. The highest BCUT2D eigenvalue weighted by atomic mass is 35.5. The zero-order valence-electron chi connectivity index (χ0n) is 22.1. The summed E-state index contributed by atoms with van der Waals surface area (Å²) in [6.07, 6.45) is -5.85. The molecule has 11 atom stereocenters. The van der Waals surface area contributed by atoms with Crippen molar-refractivity contribution in [1.29, 1.82) is 0 Å². The number of hydrogen-bond donors (Lipinski definition) is 2. The zero-order valence-corrected chi connectivity index (χ0v) is 22.9. The second-order valence-corrected chi connectivity index (χ2v) is 11.6. The van der Waals surface area contributed by atoms with E-state index in [9.17, 15) is 29.4 Å². The molecule has 0 amide bonds. The van der Waals surface area contributed by atoms with Crippen LogP contribution in [0.2, 0.25) is 0 Å². The molecular formula is C26H35ClO11. The van der Waals surface area contributed by atoms with Gasteiger partial charge >= 0.3 is 23.9 Å². The van der Waals surface area contributed by atoms with Gasteiger partial charge in [0.15, 0.2) is 11.7 Å². The average Bonchev–Trinajstić information content (AvgIpc) is 3.55. The number of aliphatic hydroxyl groups excluding tert-OH is 1. The number of carbonyl (C=O) groups is 4. The van der Waals surface area contributed by atoms with Crippen LogP contribution in [0.4, 0.5) is 0 Å². The van der Waals surface area contributed by atoms with Gasteiger partial charge in [0, 0.05) is 33.1 Å². The summed E-state index contributed by atoms with van der Waals surface area (Å²) in [6.45, 7) is 10.8. The monoisotopic (exact) mass is 558 g/mol. The highest BCUT2D eigenvalue weighted by molar-refractivity contribution is 6.23. The van der Waals surface area contributed by atoms with Crippen molar-refractivity contribution in [1.82, 2.24) is 0 Å². The Morgan fingerprint density at radius 3 is 2.16 bits per heavy atom. The van der Waals surface area contributed by atoms with Gasteiger partial charge in [-0.05, 0) is 25.3 Å². The fraction of sp³-hybridized carbons (Fsp3) is 0.769. The summed E-state index contributed by atoms with van der Waals surface area (Å²) in [6, 6.07) is 0. The van der Waals surface area contributed by atoms with Gasteiger partial charge in [0.1, 0.15) is 18.3 Å². The molecule has 0 unspecified atom stereocenters. The van der Waals surface area contributed by atoms with Crippen LogP contribution in [0.5, 0.6) is 0 Å². The van der Waals surface area contributed by atoms with Gasteiger partial charge in [-0.1, -0.05) is 13.5 Å². The number of alkyl halides is 1. The summed E-state index contributed by atoms with van der Waals surface area (Å²) in [4.78, 5) is 50.0. The van der Waals surface area contributed by atoms with Crippen LogP contribution >= 0.6 is 11.6 Å². The number of rotatable bonds is 3. The van der Waals surface area contributed by atoms with Crippen molar-refractivity contribution in [2.24, 2.45) is 17.3 Å². The van der Waals surface area contributed by atoms with Crippen LogP contribution in [-0.2, 0) is 42.9 Å². The lowest BCUT2D eigenvalue weighted by atomic mass is 9.52. The molecule has 212 valence electrons. The maximum atomic E-state index is 12.9. The first-order valence-corrected chi connectivity index (χ1v) is 13.1. The molecule has 0 aromatic carbocycles. The van der Waals surface area contributed by atoms with E-state index in [-0.39, 0.29) is 18.6 Å². The van der Waals surface area contributed by atoms with E-state index < -0.39 is 88.2 Å². The summed E-state index contributed by atoms with van der Waals surface area (Å²) in [5.74, 6) is -5.00. The van der Waals surface area contributed by atoms with Crippen molar-refractivity contribution in [3.8, 4) is 0 Å². The van der Waals surface area contributed by atoms with Crippen LogP contribution < -0.4 is 0 Å². The first kappa shape index (κ1) is 28.8. The van der Waals surface area contributed by atoms with Gasteiger partial charge in [0.2, 0.25) is 0 Å². The quantitative estimate of drug-likeness (QED) is 0.168. The number of epoxide rings is 1. The molecule has 2 saturated heterocycles. The summed E-state index contributed by atoms with van der Waals surface area (Å²) in [5.41, 5.74) is -4.55. The SMILES string of the molecule is C=C1[C@H](O)C[C@H](OC(C)=O)[C@@]2(C)[C@@H](OC(C)=O)CC[C@]3(CO3)[C@@H]2[C@H](OC(C)=O)[C@]2(O)[C@@H](C)C(=O)O[C@H]2[C@H]1Cl. The van der Waals surface area contributed by atoms with E-state index in [1.165, 1.54) is 20.8 Å². The van der Waals surface area contributed by atoms with Crippen LogP contribution in [-0.4, -0.2) is 87.8 Å². The van der Waals surface area contributed by atoms with Crippen molar-refractivity contribution in [2.45, 2.75) is 101 Å². The Morgan fingerprint density at radius 2 is 1.63 bits per heavy atom. The molecule has 0 bridgehead atoms. The third kappa shape index (κ3) is 4.41. The first-order valence-electron chi connectivity index (χ1n) is 12.7. The maximum Gasteiger partial charge on any atom is 0.312 e. The molecule has 0 aromatic rings. The van der Waals surface area contributed by atoms with Crippen molar-refractivity contribution in [3.05, 3.63) is 12.2 Å². The van der Waals surface area contributed by atoms with Crippen molar-refractivity contribution >= 4 is 35.5 Å². The Kier molecular flexibility index (Phi) is 7.40. The average molecular weight is 559 g/mol. The topological polar surface area (TPSA) is 158 Å². The van der Waals surface area contributed by atoms with Crippen molar-refractivity contribution in [2.75, 3.05) is 6.61 Å². The van der Waals surface area contributed by atoms with Crippen LogP contribution in [0.1, 0.15) is 53.9 Å². The largest absolute Gasteiger partial charge is 0.462 e. The van der Waals surface area contributed by atoms with Gasteiger partial charge in [-0.15, -0.1) is 11.6 Å². The highest BCUT2D eigenvalue weighted by Crippen LogP contribution is 2.62. The van der Waals surface area contributed by atoms with Gasteiger partial charge in [0.25, 0.3) is 0 Å². The van der Waals surface area contributed by atoms with E-state index >= 15 is 0 Å². The van der Waals surface area contributed by atoms with E-state index in [2.05, 4.69) is 6.58 Å². The van der Waals surface area contributed by atoms with Crippen molar-refractivity contribution in [3.63, 3.8) is 0 Å². The van der Waals surface area contributed by atoms with Crippen molar-refractivity contribution < 1.29 is 53.1 Å². The first-order chi connectivity index (χ1) is 17.6. The molecule has 0 aromatic heterocycles. The maximum absolute atomic E-state index is 12.9. The number of aliphatic hydroxyl groups is 2. The lowest BCUT2D eigenvalue weighted by Gasteiger charge is -2.57. The Bertz CT molecular complexity index is 1040. The number of hydrogen-bond acceptors (Lipinski definition) is 11. The molecule has 4 aliphatic rings. The molecule has 1 spiro atoms. The van der Waals surface area contributed by atoms with Gasteiger partial charge < -0.3 is 33.9 Å². The third-order valence-corrected chi connectivity index (χ3v) is 9.38. The fourth-order valence-corrected chi connectivity index (χ4v) is 7.25. The molecule has 4 rings (SSSR count). The van der Waals surface area contributed by atoms with Crippen LogP contribution in [0.15, 0.2) is 12.2 Å². The van der Waals surface area contributed by atoms with Gasteiger partial charge in [-0.2, -0.15) is 0 Å². The Labute approximate surface area is 225 Å². The Balaban J connectivity index is 2.03. The number of esters is 4. The predicted octanol–water partition coefficient (Wildman–Crippen LogP) is 1.19. The van der Waals surface area contributed by atoms with Crippen LogP contribution in [0.25, 0.3) is 0 Å². The van der Waals surface area contributed by atoms with Gasteiger partial charge in [0.05, 0.1) is 35.0 Å². The third-order valence-electron chi connectivity index (χ3n) is 8.87. The molecule has 2 saturated carbocycles. The van der Waals surface area contributed by atoms with Crippen LogP contribution in [0.3, 0.4) is 0 Å². The number of halogens is 1. The van der Waals surface area contributed by atoms with Gasteiger partial charge in [-0.25, -0.2) is 0 Å². The van der Waals surface area contributed by atoms with Gasteiger partial charge in [-0.3, -0.25) is 19.2 Å². The fourth-order valence-electron chi connectivity index (χ4n) is 6.85. The summed E-state index contributed by atoms with van der Waals surface area (Å²) in [5, 5.41) is 22.3. The second kappa shape index (κ2) is 9.76. The minimum absolute atomic E-state index is 0.00926. The Morgan fingerprint density at radius 1 is 1.08 bits per heavy atom. The predicted molar refractivity (Wildman–Crippen MR) is 130 cm³/mol. The normalized spacial score (nSPS) is 46.3. The summed E-state index contributed by atoms with van der Waals surface area (Å²) in [7, 11) is 0. The standard InChI is InChI=1S/C26H35ClO11/c1-11-16(31)9-18(36-14(4)29)24(6)17(35-13(3)28)7-8-25(10-34-25)20(24)22(37-15(5)30)26(33)12(2)23(32)38-21(26)19(11)27/h12,16-22,31,33H,1,7-10H2,2-6H3/t12-,16+,17-,18-,19-,20+,21-,22-,24+,25-,26-/m0/s1. The van der Waals surface area contributed by atoms with Crippen LogP contribution in [0, 0.1) is 17.3 Å². The molecule has 11 nitrogen and oxygen atoms in total. The lowest BCUT2D eigenvalue weighted by Crippen LogP contribution is -2.70. The molecule has 12 heteroatoms. The van der Waals surface area contributed by atoms with E-state index in [0.29, 0.717) is 12.8 Å². The minimum atomic E-state index is -2.21. The summed E-state index contributed by atoms with van der Waals surface area (Å²) >= 11 is 6.69. The molecule has 2 aliphatic heterocycles. The lowest BCUT2D eigenvalue weighted by molar-refractivity contribution is -0.246. The molecule has 2 aliphatic carbocycles. The number of ether oxygens (including phenoxy) is 5. The highest BCUT2D eigenvalue weighted by Gasteiger charge is 2.76. The number of carbonyl (C=O) groups excluding carboxylic acids is 4. The zero-order chi connectivity index (χ0) is 28.4. The molecule has 0 radical (unpaired) electrons. The van der Waals surface area contributed by atoms with E-state index in [4.69, 9.17) is 35.3 Å². The summed E-state index contributed by atoms with van der Waals surface area (Å²) < 4.78 is 28.9. The molecule has 2 heterocycles. The molecule has 4 fully saturated rings. The number of fused-ring (bicyclic) bond motifs is 3.